The normalized spacial score (nSPS) is 25.5. The molecule has 3 atom stereocenters. The Balaban J connectivity index is 1.58. The van der Waals surface area contributed by atoms with Gasteiger partial charge in [-0.3, -0.25) is 14.7 Å². The van der Waals surface area contributed by atoms with Crippen LogP contribution in [0.3, 0.4) is 0 Å². The fraction of sp³-hybridized carbons (Fsp3) is 0.500. The second-order valence-electron chi connectivity index (χ2n) is 7.22. The van der Waals surface area contributed by atoms with Crippen LogP contribution in [0.5, 0.6) is 0 Å². The smallest absolute Gasteiger partial charge is 0.404 e. The number of pyridine rings is 2. The molecule has 0 bridgehead atoms. The number of piperidine rings is 1. The van der Waals surface area contributed by atoms with Gasteiger partial charge in [-0.15, -0.1) is 0 Å². The molecule has 8 nitrogen and oxygen atoms in total. The molecule has 144 valence electrons. The average Bonchev–Trinajstić information content (AvgIpc) is 2.62. The molecular formula is C18H21FN4O4. The van der Waals surface area contributed by atoms with Crippen LogP contribution >= 0.6 is 0 Å². The Morgan fingerprint density at radius 1 is 1.37 bits per heavy atom. The molecular weight excluding hydrogens is 355 g/mol. The third kappa shape index (κ3) is 3.28. The van der Waals surface area contributed by atoms with Gasteiger partial charge in [0.2, 0.25) is 0 Å². The molecule has 0 spiro atoms. The fourth-order valence-corrected chi connectivity index (χ4v) is 4.27. The summed E-state index contributed by atoms with van der Waals surface area (Å²) < 4.78 is 15.8. The molecule has 1 unspecified atom stereocenters. The summed E-state index contributed by atoms with van der Waals surface area (Å²) in [4.78, 5) is 29.4. The van der Waals surface area contributed by atoms with Crippen molar-refractivity contribution in [2.75, 3.05) is 19.6 Å². The summed E-state index contributed by atoms with van der Waals surface area (Å²) in [5.41, 5.74) is 1.49. The molecule has 1 fully saturated rings. The minimum absolute atomic E-state index is 0.145. The molecule has 0 saturated carbocycles. The third-order valence-corrected chi connectivity index (χ3v) is 5.53. The number of aliphatic hydroxyl groups excluding tert-OH is 1. The minimum atomic E-state index is -1.15. The zero-order valence-electron chi connectivity index (χ0n) is 14.6. The van der Waals surface area contributed by atoms with Crippen molar-refractivity contribution in [2.45, 2.75) is 37.5 Å². The standard InChI is InChI=1S/C18H21FN4O4/c19-12-7-20-14-3-4-16(25)23-10(1-2-11(12)17(14)23)8-22-6-5-13(15(24)9-22)21-18(26)27/h3-4,7,10,13,15,21,24H,1-2,5-6,8-9H2,(H,26,27)/t10?,13-,15+/m0/s1. The van der Waals surface area contributed by atoms with Crippen molar-refractivity contribution in [1.82, 2.24) is 19.8 Å². The van der Waals surface area contributed by atoms with E-state index in [1.165, 1.54) is 12.3 Å². The highest BCUT2D eigenvalue weighted by Gasteiger charge is 2.32. The highest BCUT2D eigenvalue weighted by atomic mass is 19.1. The van der Waals surface area contributed by atoms with Crippen molar-refractivity contribution >= 4 is 17.1 Å². The number of nitrogens with one attached hydrogen (secondary N) is 1. The zero-order valence-corrected chi connectivity index (χ0v) is 14.6. The fourth-order valence-electron chi connectivity index (χ4n) is 4.27. The summed E-state index contributed by atoms with van der Waals surface area (Å²) in [5, 5.41) is 21.4. The Labute approximate surface area is 154 Å². The number of carboxylic acid groups (broad SMARTS) is 1. The number of halogens is 1. The van der Waals surface area contributed by atoms with Crippen molar-refractivity contribution in [3.05, 3.63) is 40.1 Å². The van der Waals surface area contributed by atoms with Gasteiger partial charge in [-0.25, -0.2) is 9.18 Å². The van der Waals surface area contributed by atoms with Gasteiger partial charge in [0.25, 0.3) is 5.56 Å². The molecule has 2 aliphatic heterocycles. The Morgan fingerprint density at radius 3 is 2.93 bits per heavy atom. The lowest BCUT2D eigenvalue weighted by Gasteiger charge is -2.38. The number of hydrogen-bond donors (Lipinski definition) is 3. The summed E-state index contributed by atoms with van der Waals surface area (Å²) in [7, 11) is 0. The van der Waals surface area contributed by atoms with Crippen LogP contribution in [-0.4, -0.2) is 62.5 Å². The monoisotopic (exact) mass is 376 g/mol. The number of nitrogens with zero attached hydrogens (tertiary/aromatic N) is 3. The second-order valence-corrected chi connectivity index (χ2v) is 7.22. The minimum Gasteiger partial charge on any atom is -0.465 e. The maximum absolute atomic E-state index is 14.2. The topological polar surface area (TPSA) is 108 Å². The Morgan fingerprint density at radius 2 is 2.19 bits per heavy atom. The molecule has 2 aromatic heterocycles. The van der Waals surface area contributed by atoms with E-state index in [9.17, 15) is 19.1 Å². The van der Waals surface area contributed by atoms with Crippen molar-refractivity contribution < 1.29 is 19.4 Å². The number of carbonyl (C=O) groups is 1. The first-order valence-electron chi connectivity index (χ1n) is 9.02. The molecule has 3 N–H and O–H groups in total. The molecule has 4 rings (SSSR count). The van der Waals surface area contributed by atoms with Crippen LogP contribution in [-0.2, 0) is 6.42 Å². The van der Waals surface area contributed by atoms with Gasteiger partial charge < -0.3 is 20.1 Å². The maximum atomic E-state index is 14.2. The summed E-state index contributed by atoms with van der Waals surface area (Å²) in [6.07, 6.45) is 0.881. The number of hydrogen-bond acceptors (Lipinski definition) is 5. The van der Waals surface area contributed by atoms with Gasteiger partial charge in [0.1, 0.15) is 5.82 Å². The van der Waals surface area contributed by atoms with Crippen LogP contribution in [0.4, 0.5) is 9.18 Å². The number of likely N-dealkylation sites (tertiary alicyclic amines) is 1. The summed E-state index contributed by atoms with van der Waals surface area (Å²) >= 11 is 0. The highest BCUT2D eigenvalue weighted by Crippen LogP contribution is 2.31. The van der Waals surface area contributed by atoms with E-state index in [-0.39, 0.29) is 11.6 Å². The van der Waals surface area contributed by atoms with Gasteiger partial charge in [0.05, 0.1) is 35.4 Å². The molecule has 27 heavy (non-hydrogen) atoms. The largest absolute Gasteiger partial charge is 0.465 e. The van der Waals surface area contributed by atoms with Gasteiger partial charge >= 0.3 is 6.09 Å². The molecule has 9 heteroatoms. The molecule has 1 saturated heterocycles. The average molecular weight is 376 g/mol. The van der Waals surface area contributed by atoms with E-state index in [0.717, 1.165) is 0 Å². The Bertz CT molecular complexity index is 947. The predicted octanol–water partition coefficient (Wildman–Crippen LogP) is 0.726. The predicted molar refractivity (Wildman–Crippen MR) is 95.3 cm³/mol. The van der Waals surface area contributed by atoms with Gasteiger partial charge in [0.15, 0.2) is 0 Å². The van der Waals surface area contributed by atoms with E-state index < -0.39 is 24.1 Å². The molecule has 0 aromatic carbocycles. The maximum Gasteiger partial charge on any atom is 0.404 e. The molecule has 0 aliphatic carbocycles. The van der Waals surface area contributed by atoms with Gasteiger partial charge in [-0.2, -0.15) is 0 Å². The molecule has 0 radical (unpaired) electrons. The van der Waals surface area contributed by atoms with Gasteiger partial charge in [0, 0.05) is 31.3 Å². The number of aromatic nitrogens is 2. The third-order valence-electron chi connectivity index (χ3n) is 5.53. The first-order valence-corrected chi connectivity index (χ1v) is 9.02. The van der Waals surface area contributed by atoms with E-state index >= 15 is 0 Å². The van der Waals surface area contributed by atoms with Crippen LogP contribution in [0, 0.1) is 5.82 Å². The first-order chi connectivity index (χ1) is 12.9. The van der Waals surface area contributed by atoms with E-state index in [2.05, 4.69) is 10.3 Å². The van der Waals surface area contributed by atoms with Crippen LogP contribution in [0.1, 0.15) is 24.4 Å². The Hall–Kier alpha value is -2.52. The van der Waals surface area contributed by atoms with Crippen molar-refractivity contribution in [2.24, 2.45) is 0 Å². The van der Waals surface area contributed by atoms with E-state index in [1.807, 2.05) is 4.90 Å². The quantitative estimate of drug-likeness (QED) is 0.729. The van der Waals surface area contributed by atoms with Crippen LogP contribution < -0.4 is 10.9 Å². The molecule has 2 aromatic rings. The lowest BCUT2D eigenvalue weighted by molar-refractivity contribution is 0.0342. The van der Waals surface area contributed by atoms with Crippen LogP contribution in [0.25, 0.3) is 11.0 Å². The van der Waals surface area contributed by atoms with Gasteiger partial charge in [-0.05, 0) is 25.3 Å². The molecule has 4 heterocycles. The summed E-state index contributed by atoms with van der Waals surface area (Å²) in [6.45, 7) is 1.46. The van der Waals surface area contributed by atoms with Crippen molar-refractivity contribution in [1.29, 1.82) is 0 Å². The Kier molecular flexibility index (Phi) is 4.56. The highest BCUT2D eigenvalue weighted by molar-refractivity contribution is 5.79. The number of rotatable bonds is 3. The van der Waals surface area contributed by atoms with Crippen LogP contribution in [0.2, 0.25) is 0 Å². The van der Waals surface area contributed by atoms with Crippen LogP contribution in [0.15, 0.2) is 23.1 Å². The first kappa shape index (κ1) is 17.9. The number of β-amino-alcohol motifs (C(OH)–C–C–N with tert-alkyl or cyclic N) is 1. The number of aryl methyl sites for hydroxylation is 1. The van der Waals surface area contributed by atoms with E-state index in [4.69, 9.17) is 5.11 Å². The number of aliphatic hydroxyl groups is 1. The zero-order chi connectivity index (χ0) is 19.1. The van der Waals surface area contributed by atoms with E-state index in [1.54, 1.807) is 10.6 Å². The van der Waals surface area contributed by atoms with Crippen molar-refractivity contribution in [3.63, 3.8) is 0 Å². The van der Waals surface area contributed by atoms with E-state index in [0.29, 0.717) is 55.5 Å². The summed E-state index contributed by atoms with van der Waals surface area (Å²) in [6, 6.07) is 2.43. The molecule has 1 amide bonds. The number of amides is 1. The summed E-state index contributed by atoms with van der Waals surface area (Å²) in [5.74, 6) is -0.392. The van der Waals surface area contributed by atoms with Gasteiger partial charge in [-0.1, -0.05) is 0 Å². The molecule has 2 aliphatic rings. The van der Waals surface area contributed by atoms with Crippen molar-refractivity contribution in [3.8, 4) is 0 Å². The lowest BCUT2D eigenvalue weighted by atomic mass is 9.96. The SMILES string of the molecule is O=C(O)N[C@H]1CCN(CC2CCc3c(F)cnc4ccc(=O)n2c34)C[C@H]1O. The lowest BCUT2D eigenvalue weighted by Crippen LogP contribution is -2.54. The second kappa shape index (κ2) is 6.90.